The number of benzene rings is 2. The molecule has 3 heterocycles. The van der Waals surface area contributed by atoms with Crippen molar-refractivity contribution in [3.63, 3.8) is 0 Å². The van der Waals surface area contributed by atoms with Gasteiger partial charge < -0.3 is 0 Å². The molecule has 0 spiro atoms. The Hall–Kier alpha value is -2.50. The SMILES string of the molecule is O=C1c2ccccc2C(=O)N1C1CCN(Cc2csc3ccccc23)CC1. The van der Waals surface area contributed by atoms with Crippen LogP contribution >= 0.6 is 11.3 Å². The molecule has 1 fully saturated rings. The molecule has 2 amide bonds. The molecule has 1 aromatic heterocycles. The Balaban J connectivity index is 1.27. The van der Waals surface area contributed by atoms with E-state index in [1.165, 1.54) is 20.5 Å². The molecule has 1 saturated heterocycles. The molecular formula is C22H20N2O2S. The number of hydrogen-bond donors (Lipinski definition) is 0. The Morgan fingerprint density at radius 2 is 1.52 bits per heavy atom. The van der Waals surface area contributed by atoms with Crippen LogP contribution in [0.2, 0.25) is 0 Å². The molecule has 0 aliphatic carbocycles. The van der Waals surface area contributed by atoms with Gasteiger partial charge in [-0.05, 0) is 47.4 Å². The van der Waals surface area contributed by atoms with Crippen LogP contribution in [-0.2, 0) is 6.54 Å². The van der Waals surface area contributed by atoms with E-state index in [-0.39, 0.29) is 17.9 Å². The molecule has 4 nitrogen and oxygen atoms in total. The normalized spacial score (nSPS) is 18.4. The monoisotopic (exact) mass is 376 g/mol. The number of fused-ring (bicyclic) bond motifs is 2. The Morgan fingerprint density at radius 3 is 2.22 bits per heavy atom. The lowest BCUT2D eigenvalue weighted by atomic mass is 10.0. The topological polar surface area (TPSA) is 40.6 Å². The first-order valence-electron chi connectivity index (χ1n) is 9.37. The van der Waals surface area contributed by atoms with Crippen molar-refractivity contribution in [2.75, 3.05) is 13.1 Å². The summed E-state index contributed by atoms with van der Waals surface area (Å²) in [7, 11) is 0. The highest BCUT2D eigenvalue weighted by Gasteiger charge is 2.40. The van der Waals surface area contributed by atoms with Crippen molar-refractivity contribution in [1.82, 2.24) is 9.80 Å². The van der Waals surface area contributed by atoms with E-state index in [0.717, 1.165) is 32.5 Å². The van der Waals surface area contributed by atoms with E-state index in [1.807, 2.05) is 12.1 Å². The summed E-state index contributed by atoms with van der Waals surface area (Å²) in [4.78, 5) is 29.3. The molecule has 2 aromatic carbocycles. The van der Waals surface area contributed by atoms with Gasteiger partial charge in [-0.15, -0.1) is 11.3 Å². The van der Waals surface area contributed by atoms with Gasteiger partial charge in [0.2, 0.25) is 0 Å². The summed E-state index contributed by atoms with van der Waals surface area (Å²) in [5, 5.41) is 3.59. The van der Waals surface area contributed by atoms with Crippen LogP contribution in [0.4, 0.5) is 0 Å². The fourth-order valence-electron chi connectivity index (χ4n) is 4.27. The first-order chi connectivity index (χ1) is 13.2. The Kier molecular flexibility index (Phi) is 4.06. The van der Waals surface area contributed by atoms with Crippen molar-refractivity contribution in [1.29, 1.82) is 0 Å². The minimum Gasteiger partial charge on any atom is -0.299 e. The molecule has 3 aromatic rings. The summed E-state index contributed by atoms with van der Waals surface area (Å²) < 4.78 is 1.33. The Labute approximate surface area is 162 Å². The first kappa shape index (κ1) is 16.7. The summed E-state index contributed by atoms with van der Waals surface area (Å²) >= 11 is 1.79. The van der Waals surface area contributed by atoms with Crippen molar-refractivity contribution < 1.29 is 9.59 Å². The molecule has 2 aliphatic heterocycles. The second-order valence-electron chi connectivity index (χ2n) is 7.29. The largest absolute Gasteiger partial charge is 0.299 e. The van der Waals surface area contributed by atoms with Crippen molar-refractivity contribution >= 4 is 33.2 Å². The zero-order chi connectivity index (χ0) is 18.4. The summed E-state index contributed by atoms with van der Waals surface area (Å²) in [5.74, 6) is -0.254. The van der Waals surface area contributed by atoms with Gasteiger partial charge in [0.25, 0.3) is 11.8 Å². The van der Waals surface area contributed by atoms with Crippen molar-refractivity contribution in [2.24, 2.45) is 0 Å². The van der Waals surface area contributed by atoms with E-state index in [1.54, 1.807) is 23.5 Å². The number of nitrogens with zero attached hydrogens (tertiary/aromatic N) is 2. The smallest absolute Gasteiger partial charge is 0.261 e. The average Bonchev–Trinajstić information content (AvgIpc) is 3.23. The second-order valence-corrected chi connectivity index (χ2v) is 8.20. The minimum atomic E-state index is -0.127. The number of carbonyl (C=O) groups is 2. The maximum absolute atomic E-state index is 12.7. The van der Waals surface area contributed by atoms with Crippen molar-refractivity contribution in [3.8, 4) is 0 Å². The number of thiophene rings is 1. The van der Waals surface area contributed by atoms with E-state index in [4.69, 9.17) is 0 Å². The van der Waals surface area contributed by atoms with Gasteiger partial charge in [0.15, 0.2) is 0 Å². The molecule has 2 aliphatic rings. The predicted octanol–water partition coefficient (Wildman–Crippen LogP) is 4.16. The molecule has 27 heavy (non-hydrogen) atoms. The molecule has 5 rings (SSSR count). The van der Waals surface area contributed by atoms with Crippen LogP contribution in [0.5, 0.6) is 0 Å². The minimum absolute atomic E-state index is 0.00729. The fourth-order valence-corrected chi connectivity index (χ4v) is 5.23. The van der Waals surface area contributed by atoms with Crippen LogP contribution in [0.25, 0.3) is 10.1 Å². The lowest BCUT2D eigenvalue weighted by molar-refractivity contribution is 0.0498. The number of likely N-dealkylation sites (tertiary alicyclic amines) is 1. The van der Waals surface area contributed by atoms with Crippen molar-refractivity contribution in [3.05, 3.63) is 70.6 Å². The second kappa shape index (κ2) is 6.59. The zero-order valence-electron chi connectivity index (χ0n) is 14.9. The van der Waals surface area contributed by atoms with Gasteiger partial charge in [0, 0.05) is 30.4 Å². The third kappa shape index (κ3) is 2.78. The van der Waals surface area contributed by atoms with Crippen molar-refractivity contribution in [2.45, 2.75) is 25.4 Å². The average molecular weight is 376 g/mol. The number of piperidine rings is 1. The number of carbonyl (C=O) groups excluding carboxylic acids is 2. The summed E-state index contributed by atoms with van der Waals surface area (Å²) in [6.07, 6.45) is 1.68. The van der Waals surface area contributed by atoms with E-state index < -0.39 is 0 Å². The third-order valence-electron chi connectivity index (χ3n) is 5.70. The van der Waals surface area contributed by atoms with Crippen LogP contribution in [0.1, 0.15) is 39.1 Å². The lowest BCUT2D eigenvalue weighted by Crippen LogP contribution is -2.47. The maximum atomic E-state index is 12.7. The number of imide groups is 1. The molecular weight excluding hydrogens is 356 g/mol. The highest BCUT2D eigenvalue weighted by Crippen LogP contribution is 2.30. The summed E-state index contributed by atoms with van der Waals surface area (Å²) in [6.45, 7) is 2.74. The maximum Gasteiger partial charge on any atom is 0.261 e. The quantitative estimate of drug-likeness (QED) is 0.645. The molecule has 0 radical (unpaired) electrons. The highest BCUT2D eigenvalue weighted by atomic mass is 32.1. The van der Waals surface area contributed by atoms with Crippen LogP contribution < -0.4 is 0 Å². The lowest BCUT2D eigenvalue weighted by Gasteiger charge is -2.35. The number of hydrogen-bond acceptors (Lipinski definition) is 4. The first-order valence-corrected chi connectivity index (χ1v) is 10.2. The molecule has 0 N–H and O–H groups in total. The molecule has 0 saturated carbocycles. The highest BCUT2D eigenvalue weighted by molar-refractivity contribution is 7.17. The number of amides is 2. The van der Waals surface area contributed by atoms with Crippen LogP contribution in [0, 0.1) is 0 Å². The van der Waals surface area contributed by atoms with Gasteiger partial charge in [-0.2, -0.15) is 0 Å². The molecule has 5 heteroatoms. The van der Waals surface area contributed by atoms with Gasteiger partial charge in [0.05, 0.1) is 11.1 Å². The van der Waals surface area contributed by atoms with Gasteiger partial charge in [-0.1, -0.05) is 30.3 Å². The van der Waals surface area contributed by atoms with Crippen LogP contribution in [0.3, 0.4) is 0 Å². The molecule has 136 valence electrons. The third-order valence-corrected chi connectivity index (χ3v) is 6.72. The standard InChI is InChI=1S/C22H20N2O2S/c25-21-18-6-1-2-7-19(18)22(26)24(21)16-9-11-23(12-10-16)13-15-14-27-20-8-4-3-5-17(15)20/h1-8,14,16H,9-13H2. The predicted molar refractivity (Wildman–Crippen MR) is 107 cm³/mol. The van der Waals surface area contributed by atoms with Gasteiger partial charge in [-0.3, -0.25) is 19.4 Å². The van der Waals surface area contributed by atoms with Crippen LogP contribution in [0.15, 0.2) is 53.9 Å². The molecule has 0 atom stereocenters. The molecule has 0 unspecified atom stereocenters. The van der Waals surface area contributed by atoms with Gasteiger partial charge in [0.1, 0.15) is 0 Å². The Morgan fingerprint density at radius 1 is 0.889 bits per heavy atom. The van der Waals surface area contributed by atoms with E-state index in [9.17, 15) is 9.59 Å². The van der Waals surface area contributed by atoms with Gasteiger partial charge >= 0.3 is 0 Å². The van der Waals surface area contributed by atoms with E-state index in [2.05, 4.69) is 34.5 Å². The number of rotatable bonds is 3. The molecule has 0 bridgehead atoms. The zero-order valence-corrected chi connectivity index (χ0v) is 15.7. The van der Waals surface area contributed by atoms with Crippen LogP contribution in [-0.4, -0.2) is 40.7 Å². The van der Waals surface area contributed by atoms with Gasteiger partial charge in [-0.25, -0.2) is 0 Å². The summed E-state index contributed by atoms with van der Waals surface area (Å²) in [5.41, 5.74) is 2.47. The summed E-state index contributed by atoms with van der Waals surface area (Å²) in [6, 6.07) is 15.7. The van der Waals surface area contributed by atoms with E-state index in [0.29, 0.717) is 11.1 Å². The Bertz CT molecular complexity index is 998. The fraction of sp³-hybridized carbons (Fsp3) is 0.273. The van der Waals surface area contributed by atoms with E-state index >= 15 is 0 Å².